The van der Waals surface area contributed by atoms with Crippen LogP contribution in [0.15, 0.2) is 30.3 Å². The van der Waals surface area contributed by atoms with Crippen LogP contribution in [0.4, 0.5) is 11.5 Å². The molecule has 0 saturated carbocycles. The minimum atomic E-state index is -0.418. The molecule has 0 bridgehead atoms. The van der Waals surface area contributed by atoms with E-state index in [2.05, 4.69) is 15.3 Å². The Labute approximate surface area is 133 Å². The van der Waals surface area contributed by atoms with Crippen LogP contribution in [0.2, 0.25) is 0 Å². The molecule has 2 heterocycles. The molecule has 0 amide bonds. The highest BCUT2D eigenvalue weighted by molar-refractivity contribution is 5.61. The van der Waals surface area contributed by atoms with Gasteiger partial charge in [-0.25, -0.2) is 9.97 Å². The molecule has 0 aliphatic carbocycles. The first kappa shape index (κ1) is 15.4. The van der Waals surface area contributed by atoms with E-state index in [1.165, 1.54) is 12.1 Å². The number of aryl methyl sites for hydroxylation is 1. The molecular formula is C16H18N4O3. The van der Waals surface area contributed by atoms with Crippen LogP contribution in [-0.2, 0) is 4.74 Å². The van der Waals surface area contributed by atoms with Gasteiger partial charge in [0.05, 0.1) is 11.5 Å². The van der Waals surface area contributed by atoms with Crippen molar-refractivity contribution < 1.29 is 9.66 Å². The Kier molecular flexibility index (Phi) is 4.47. The second-order valence-electron chi connectivity index (χ2n) is 5.64. The Hall–Kier alpha value is -2.54. The minimum Gasteiger partial charge on any atom is -0.381 e. The number of benzene rings is 1. The van der Waals surface area contributed by atoms with Gasteiger partial charge in [-0.15, -0.1) is 0 Å². The third kappa shape index (κ3) is 3.81. The van der Waals surface area contributed by atoms with Crippen LogP contribution in [0.1, 0.15) is 12.1 Å². The number of ether oxygens (including phenoxy) is 1. The summed E-state index contributed by atoms with van der Waals surface area (Å²) in [7, 11) is 0. The van der Waals surface area contributed by atoms with Gasteiger partial charge >= 0.3 is 0 Å². The van der Waals surface area contributed by atoms with Gasteiger partial charge in [0.2, 0.25) is 0 Å². The highest BCUT2D eigenvalue weighted by Gasteiger charge is 2.16. The van der Waals surface area contributed by atoms with Crippen molar-refractivity contribution in [1.82, 2.24) is 9.97 Å². The number of rotatable bonds is 5. The Bertz CT molecular complexity index is 714. The molecule has 1 aliphatic heterocycles. The number of non-ortho nitro benzene ring substituents is 1. The lowest BCUT2D eigenvalue weighted by Gasteiger charge is -2.11. The molecule has 1 aromatic heterocycles. The first-order valence-electron chi connectivity index (χ1n) is 7.54. The summed E-state index contributed by atoms with van der Waals surface area (Å²) in [5, 5.41) is 14.2. The van der Waals surface area contributed by atoms with E-state index in [1.54, 1.807) is 12.1 Å². The first-order chi connectivity index (χ1) is 11.1. The van der Waals surface area contributed by atoms with Gasteiger partial charge in [0, 0.05) is 48.5 Å². The molecule has 0 radical (unpaired) electrons. The monoisotopic (exact) mass is 314 g/mol. The highest BCUT2D eigenvalue weighted by Crippen LogP contribution is 2.23. The maximum absolute atomic E-state index is 10.9. The molecule has 7 heteroatoms. The number of hydrogen-bond acceptors (Lipinski definition) is 6. The second kappa shape index (κ2) is 6.70. The number of hydrogen-bond donors (Lipinski definition) is 1. The summed E-state index contributed by atoms with van der Waals surface area (Å²) in [6.07, 6.45) is 1.05. The fourth-order valence-electron chi connectivity index (χ4n) is 2.54. The van der Waals surface area contributed by atoms with E-state index in [4.69, 9.17) is 4.74 Å². The fourth-order valence-corrected chi connectivity index (χ4v) is 2.54. The lowest BCUT2D eigenvalue weighted by Crippen LogP contribution is -2.15. The van der Waals surface area contributed by atoms with Gasteiger partial charge in [-0.2, -0.15) is 0 Å². The molecule has 23 heavy (non-hydrogen) atoms. The van der Waals surface area contributed by atoms with Gasteiger partial charge in [0.15, 0.2) is 5.82 Å². The summed E-state index contributed by atoms with van der Waals surface area (Å²) in [6.45, 7) is 4.26. The van der Waals surface area contributed by atoms with Crippen LogP contribution in [0, 0.1) is 23.0 Å². The number of nitro benzene ring substituents is 1. The third-order valence-corrected chi connectivity index (χ3v) is 3.77. The molecule has 1 N–H and O–H groups in total. The lowest BCUT2D eigenvalue weighted by atomic mass is 10.1. The first-order valence-corrected chi connectivity index (χ1v) is 7.54. The van der Waals surface area contributed by atoms with Crippen LogP contribution in [0.25, 0.3) is 11.4 Å². The zero-order valence-corrected chi connectivity index (χ0v) is 12.9. The quantitative estimate of drug-likeness (QED) is 0.674. The van der Waals surface area contributed by atoms with E-state index in [1.807, 2.05) is 13.0 Å². The summed E-state index contributed by atoms with van der Waals surface area (Å²) in [5.41, 5.74) is 1.48. The summed E-state index contributed by atoms with van der Waals surface area (Å²) in [4.78, 5) is 19.4. The average Bonchev–Trinajstić information content (AvgIpc) is 3.06. The van der Waals surface area contributed by atoms with Crippen LogP contribution < -0.4 is 5.32 Å². The van der Waals surface area contributed by atoms with Crippen molar-refractivity contribution in [3.8, 4) is 11.4 Å². The SMILES string of the molecule is Cc1cc(NC[C@@H]2CCOC2)nc(-c2cccc([N+](=O)[O-])c2)n1. The van der Waals surface area contributed by atoms with Crippen molar-refractivity contribution >= 4 is 11.5 Å². The maximum Gasteiger partial charge on any atom is 0.270 e. The zero-order chi connectivity index (χ0) is 16.2. The average molecular weight is 314 g/mol. The van der Waals surface area contributed by atoms with Crippen molar-refractivity contribution in [2.24, 2.45) is 5.92 Å². The predicted molar refractivity (Wildman–Crippen MR) is 86.3 cm³/mol. The van der Waals surface area contributed by atoms with Crippen molar-refractivity contribution in [3.63, 3.8) is 0 Å². The van der Waals surface area contributed by atoms with Gasteiger partial charge in [0.25, 0.3) is 5.69 Å². The van der Waals surface area contributed by atoms with Crippen molar-refractivity contribution in [1.29, 1.82) is 0 Å². The van der Waals surface area contributed by atoms with Crippen molar-refractivity contribution in [2.75, 3.05) is 25.1 Å². The van der Waals surface area contributed by atoms with E-state index >= 15 is 0 Å². The van der Waals surface area contributed by atoms with E-state index in [9.17, 15) is 10.1 Å². The van der Waals surface area contributed by atoms with E-state index in [0.29, 0.717) is 17.3 Å². The molecule has 2 aromatic rings. The number of aromatic nitrogens is 2. The molecule has 1 fully saturated rings. The number of nitro groups is 1. The largest absolute Gasteiger partial charge is 0.381 e. The predicted octanol–water partition coefficient (Wildman–Crippen LogP) is 2.81. The van der Waals surface area contributed by atoms with E-state index in [0.717, 1.165) is 37.7 Å². The highest BCUT2D eigenvalue weighted by atomic mass is 16.6. The van der Waals surface area contributed by atoms with Gasteiger partial charge < -0.3 is 10.1 Å². The number of nitrogens with one attached hydrogen (secondary N) is 1. The Balaban J connectivity index is 1.82. The number of anilines is 1. The Morgan fingerprint density at radius 2 is 2.26 bits per heavy atom. The lowest BCUT2D eigenvalue weighted by molar-refractivity contribution is -0.384. The topological polar surface area (TPSA) is 90.2 Å². The maximum atomic E-state index is 10.9. The normalized spacial score (nSPS) is 17.2. The minimum absolute atomic E-state index is 0.0326. The molecule has 120 valence electrons. The smallest absolute Gasteiger partial charge is 0.270 e. The zero-order valence-electron chi connectivity index (χ0n) is 12.9. The molecule has 0 spiro atoms. The van der Waals surface area contributed by atoms with Crippen molar-refractivity contribution in [3.05, 3.63) is 46.1 Å². The molecule has 1 aliphatic rings. The van der Waals surface area contributed by atoms with Gasteiger partial charge in [-0.05, 0) is 13.3 Å². The number of nitrogens with zero attached hydrogens (tertiary/aromatic N) is 3. The molecule has 7 nitrogen and oxygen atoms in total. The Morgan fingerprint density at radius 1 is 1.39 bits per heavy atom. The van der Waals surface area contributed by atoms with Crippen LogP contribution in [0.5, 0.6) is 0 Å². The summed E-state index contributed by atoms with van der Waals surface area (Å²) in [5.74, 6) is 1.70. The second-order valence-corrected chi connectivity index (χ2v) is 5.64. The summed E-state index contributed by atoms with van der Waals surface area (Å²) < 4.78 is 5.36. The van der Waals surface area contributed by atoms with Gasteiger partial charge in [0.1, 0.15) is 5.82 Å². The van der Waals surface area contributed by atoms with Crippen LogP contribution >= 0.6 is 0 Å². The third-order valence-electron chi connectivity index (χ3n) is 3.77. The van der Waals surface area contributed by atoms with E-state index < -0.39 is 4.92 Å². The van der Waals surface area contributed by atoms with Crippen LogP contribution in [-0.4, -0.2) is 34.6 Å². The molecular weight excluding hydrogens is 296 g/mol. The van der Waals surface area contributed by atoms with E-state index in [-0.39, 0.29) is 5.69 Å². The fraction of sp³-hybridized carbons (Fsp3) is 0.375. The molecule has 1 atom stereocenters. The molecule has 3 rings (SSSR count). The van der Waals surface area contributed by atoms with Crippen molar-refractivity contribution in [2.45, 2.75) is 13.3 Å². The standard InChI is InChI=1S/C16H18N4O3/c1-11-7-15(17-9-12-5-6-23-10-12)19-16(18-11)13-3-2-4-14(8-13)20(21)22/h2-4,7-8,12H,5-6,9-10H2,1H3,(H,17,18,19)/t12-/m0/s1. The Morgan fingerprint density at radius 3 is 3.00 bits per heavy atom. The van der Waals surface area contributed by atoms with Gasteiger partial charge in [-0.3, -0.25) is 10.1 Å². The van der Waals surface area contributed by atoms with Crippen LogP contribution in [0.3, 0.4) is 0 Å². The molecule has 0 unspecified atom stereocenters. The summed E-state index contributed by atoms with van der Waals surface area (Å²) >= 11 is 0. The molecule has 1 saturated heterocycles. The van der Waals surface area contributed by atoms with Gasteiger partial charge in [-0.1, -0.05) is 12.1 Å². The summed E-state index contributed by atoms with van der Waals surface area (Å²) in [6, 6.07) is 8.23. The molecule has 1 aromatic carbocycles.